The zero-order chi connectivity index (χ0) is 27.2. The van der Waals surface area contributed by atoms with Gasteiger partial charge in [-0.3, -0.25) is 5.32 Å². The number of unbranched alkanes of at least 4 members (excludes halogenated alkanes) is 1. The van der Waals surface area contributed by atoms with Crippen LogP contribution in [0.3, 0.4) is 0 Å². The lowest BCUT2D eigenvalue weighted by Crippen LogP contribution is -2.36. The fourth-order valence-corrected chi connectivity index (χ4v) is 5.30. The van der Waals surface area contributed by atoms with E-state index >= 15 is 0 Å². The van der Waals surface area contributed by atoms with Crippen LogP contribution in [0, 0.1) is 0 Å². The average Bonchev–Trinajstić information content (AvgIpc) is 2.89. The number of nitrogens with one attached hydrogen (secondary N) is 3. The summed E-state index contributed by atoms with van der Waals surface area (Å²) in [4.78, 5) is 12.4. The third kappa shape index (κ3) is 10.6. The van der Waals surface area contributed by atoms with Crippen LogP contribution in [0.1, 0.15) is 18.4 Å². The quantitative estimate of drug-likeness (QED) is 0.206. The second-order valence-electron chi connectivity index (χ2n) is 8.40. The zero-order valence-electron chi connectivity index (χ0n) is 20.7. The van der Waals surface area contributed by atoms with Gasteiger partial charge in [-0.05, 0) is 55.3 Å². The van der Waals surface area contributed by atoms with Gasteiger partial charge in [0.25, 0.3) is 0 Å². The summed E-state index contributed by atoms with van der Waals surface area (Å²) in [5.41, 5.74) is 1.66. The van der Waals surface area contributed by atoms with Gasteiger partial charge in [0.1, 0.15) is 11.0 Å². The summed E-state index contributed by atoms with van der Waals surface area (Å²) in [7, 11) is -3.73. The number of benzene rings is 3. The van der Waals surface area contributed by atoms with Gasteiger partial charge >= 0.3 is 6.09 Å². The summed E-state index contributed by atoms with van der Waals surface area (Å²) in [5.74, 6) is 0. The average molecular weight is 581 g/mol. The van der Waals surface area contributed by atoms with Crippen molar-refractivity contribution in [2.24, 2.45) is 0 Å². The molecule has 11 heteroatoms. The molecule has 8 nitrogen and oxygen atoms in total. The van der Waals surface area contributed by atoms with Crippen molar-refractivity contribution < 1.29 is 22.7 Å². The van der Waals surface area contributed by atoms with E-state index in [1.807, 2.05) is 48.5 Å². The third-order valence-electron chi connectivity index (χ3n) is 5.34. The lowest BCUT2D eigenvalue weighted by Gasteiger charge is -2.19. The summed E-state index contributed by atoms with van der Waals surface area (Å²) < 4.78 is 38.8. The van der Waals surface area contributed by atoms with Crippen molar-refractivity contribution in [1.29, 1.82) is 0 Å². The van der Waals surface area contributed by atoms with E-state index in [0.717, 1.165) is 5.56 Å². The summed E-state index contributed by atoms with van der Waals surface area (Å²) in [6, 6.07) is 23.0. The summed E-state index contributed by atoms with van der Waals surface area (Å²) in [6.07, 6.45) is 0.210. The van der Waals surface area contributed by atoms with E-state index in [4.69, 9.17) is 32.7 Å². The van der Waals surface area contributed by atoms with Crippen LogP contribution in [-0.4, -0.2) is 46.9 Å². The Hall–Kier alpha value is -2.66. The fourth-order valence-electron chi connectivity index (χ4n) is 3.45. The number of hydrogen-bond acceptors (Lipinski definition) is 6. The van der Waals surface area contributed by atoms with Gasteiger partial charge in [0, 0.05) is 23.8 Å². The van der Waals surface area contributed by atoms with Crippen LogP contribution in [0.4, 0.5) is 10.5 Å². The van der Waals surface area contributed by atoms with Crippen LogP contribution in [0.15, 0.2) is 83.8 Å². The van der Waals surface area contributed by atoms with Crippen molar-refractivity contribution in [3.63, 3.8) is 0 Å². The highest BCUT2D eigenvalue weighted by Crippen LogP contribution is 2.24. The molecule has 0 saturated carbocycles. The topological polar surface area (TPSA) is 106 Å². The molecule has 0 heterocycles. The zero-order valence-corrected chi connectivity index (χ0v) is 23.1. The first kappa shape index (κ1) is 29.9. The van der Waals surface area contributed by atoms with Crippen molar-refractivity contribution in [2.75, 3.05) is 31.6 Å². The number of sulfonamides is 1. The number of amides is 1. The van der Waals surface area contributed by atoms with E-state index in [9.17, 15) is 13.2 Å². The molecule has 1 amide bonds. The molecule has 0 aliphatic rings. The fraction of sp³-hybridized carbons (Fsp3) is 0.296. The maximum atomic E-state index is 12.5. The molecule has 3 N–H and O–H groups in total. The van der Waals surface area contributed by atoms with E-state index in [2.05, 4.69) is 15.4 Å². The molecule has 0 fully saturated rings. The van der Waals surface area contributed by atoms with Crippen molar-refractivity contribution in [1.82, 2.24) is 10.0 Å². The Bertz CT molecular complexity index is 1250. The van der Waals surface area contributed by atoms with Gasteiger partial charge in [-0.15, -0.1) is 0 Å². The van der Waals surface area contributed by atoms with Gasteiger partial charge in [-0.2, -0.15) is 0 Å². The van der Waals surface area contributed by atoms with Crippen LogP contribution in [0.25, 0.3) is 0 Å². The van der Waals surface area contributed by atoms with Gasteiger partial charge < -0.3 is 14.8 Å². The molecule has 38 heavy (non-hydrogen) atoms. The highest BCUT2D eigenvalue weighted by atomic mass is 35.5. The Labute approximate surface area is 233 Å². The minimum absolute atomic E-state index is 0.00837. The molecule has 0 radical (unpaired) electrons. The summed E-state index contributed by atoms with van der Waals surface area (Å²) >= 11 is 11.9. The molecule has 0 saturated heterocycles. The summed E-state index contributed by atoms with van der Waals surface area (Å²) in [5, 5.41) is 6.40. The van der Waals surface area contributed by atoms with Gasteiger partial charge in [0.05, 0.1) is 18.2 Å². The highest BCUT2D eigenvalue weighted by Gasteiger charge is 2.18. The largest absolute Gasteiger partial charge is 0.442 e. The molecular weight excluding hydrogens is 549 g/mol. The molecule has 0 bridgehead atoms. The molecule has 0 spiro atoms. The Morgan fingerprint density at radius 1 is 0.895 bits per heavy atom. The van der Waals surface area contributed by atoms with Crippen LogP contribution >= 0.6 is 23.2 Å². The second-order valence-corrected chi connectivity index (χ2v) is 11.0. The van der Waals surface area contributed by atoms with E-state index in [1.165, 1.54) is 18.2 Å². The van der Waals surface area contributed by atoms with Crippen molar-refractivity contribution in [3.8, 4) is 0 Å². The molecular formula is C27H31Cl2N3O5S. The van der Waals surface area contributed by atoms with Crippen molar-refractivity contribution in [3.05, 3.63) is 94.5 Å². The van der Waals surface area contributed by atoms with Crippen LogP contribution < -0.4 is 15.4 Å². The van der Waals surface area contributed by atoms with Crippen LogP contribution in [0.2, 0.25) is 10.0 Å². The SMILES string of the molecule is O=C(Nc1ccccc1)O[C@H](CNCCCCNS(=O)(=O)c1ccc(Cl)cc1Cl)COCc1ccccc1. The minimum Gasteiger partial charge on any atom is -0.442 e. The van der Waals surface area contributed by atoms with Crippen molar-refractivity contribution >= 4 is 45.0 Å². The molecule has 0 aliphatic heterocycles. The number of carbonyl (C=O) groups is 1. The van der Waals surface area contributed by atoms with Crippen LogP contribution in [0.5, 0.6) is 0 Å². The maximum absolute atomic E-state index is 12.5. The number of anilines is 1. The minimum atomic E-state index is -3.73. The first-order valence-electron chi connectivity index (χ1n) is 12.1. The number of ether oxygens (including phenoxy) is 2. The lowest BCUT2D eigenvalue weighted by atomic mass is 10.2. The number of hydrogen-bond donors (Lipinski definition) is 3. The van der Waals surface area contributed by atoms with Gasteiger partial charge in [-0.1, -0.05) is 71.7 Å². The third-order valence-corrected chi connectivity index (χ3v) is 7.52. The van der Waals surface area contributed by atoms with E-state index < -0.39 is 22.2 Å². The molecule has 0 aliphatic carbocycles. The first-order valence-corrected chi connectivity index (χ1v) is 14.4. The number of para-hydroxylation sites is 1. The second kappa shape index (κ2) is 15.7. The Balaban J connectivity index is 1.40. The normalized spacial score (nSPS) is 12.2. The van der Waals surface area contributed by atoms with E-state index in [0.29, 0.717) is 43.2 Å². The molecule has 204 valence electrons. The predicted octanol–water partition coefficient (Wildman–Crippen LogP) is 5.48. The predicted molar refractivity (Wildman–Crippen MR) is 150 cm³/mol. The standard InChI is InChI=1S/C27H31Cl2N3O5S/c28-22-13-14-26(25(29)17-22)38(34,35)31-16-8-7-15-30-18-24(20-36-19-21-9-3-1-4-10-21)37-27(33)32-23-11-5-2-6-12-23/h1-6,9-14,17,24,30-31H,7-8,15-16,18-20H2,(H,32,33)/t24-/m1/s1. The number of carbonyl (C=O) groups excluding carboxylic acids is 1. The maximum Gasteiger partial charge on any atom is 0.412 e. The highest BCUT2D eigenvalue weighted by molar-refractivity contribution is 7.89. The van der Waals surface area contributed by atoms with Gasteiger partial charge in [0.2, 0.25) is 10.0 Å². The van der Waals surface area contributed by atoms with E-state index in [1.54, 1.807) is 12.1 Å². The van der Waals surface area contributed by atoms with Crippen molar-refractivity contribution in [2.45, 2.75) is 30.4 Å². The first-order chi connectivity index (χ1) is 18.3. The molecule has 1 atom stereocenters. The molecule has 0 unspecified atom stereocenters. The lowest BCUT2D eigenvalue weighted by molar-refractivity contribution is 0.0188. The number of halogens is 2. The molecule has 3 aromatic rings. The monoisotopic (exact) mass is 579 g/mol. The molecule has 3 aromatic carbocycles. The van der Waals surface area contributed by atoms with Gasteiger partial charge in [-0.25, -0.2) is 17.9 Å². The van der Waals surface area contributed by atoms with Crippen LogP contribution in [-0.2, 0) is 26.1 Å². The summed E-state index contributed by atoms with van der Waals surface area (Å²) in [6.45, 7) is 1.85. The Kier molecular flexibility index (Phi) is 12.3. The molecule has 3 rings (SSSR count). The van der Waals surface area contributed by atoms with E-state index in [-0.39, 0.29) is 23.1 Å². The number of rotatable bonds is 15. The Morgan fingerprint density at radius 2 is 1.58 bits per heavy atom. The molecule has 0 aromatic heterocycles. The smallest absolute Gasteiger partial charge is 0.412 e. The Morgan fingerprint density at radius 3 is 2.29 bits per heavy atom. The van der Waals surface area contributed by atoms with Gasteiger partial charge in [0.15, 0.2) is 0 Å².